The van der Waals surface area contributed by atoms with Crippen LogP contribution in [-0.4, -0.2) is 71.6 Å². The second kappa shape index (κ2) is 13.0. The molecule has 206 valence electrons. The van der Waals surface area contributed by atoms with E-state index in [2.05, 4.69) is 20.3 Å². The Balaban J connectivity index is 1.39. The Morgan fingerprint density at radius 3 is 2.10 bits per heavy atom. The van der Waals surface area contributed by atoms with Crippen LogP contribution in [0.1, 0.15) is 21.5 Å². The zero-order chi connectivity index (χ0) is 27.8. The number of carbonyl (C=O) groups excluding carboxylic acids is 1. The van der Waals surface area contributed by atoms with E-state index >= 15 is 0 Å². The highest BCUT2D eigenvalue weighted by molar-refractivity contribution is 5.96. The highest BCUT2D eigenvalue weighted by Gasteiger charge is 2.19. The van der Waals surface area contributed by atoms with Crippen LogP contribution in [0.4, 0.5) is 10.1 Å². The molecule has 1 N–H and O–H groups in total. The number of hydrogen-bond acceptors (Lipinski definition) is 8. The molecule has 0 radical (unpaired) electrons. The molecule has 0 atom stereocenters. The van der Waals surface area contributed by atoms with Gasteiger partial charge in [-0.15, -0.1) is 0 Å². The summed E-state index contributed by atoms with van der Waals surface area (Å²) >= 11 is 0. The fourth-order valence-corrected chi connectivity index (χ4v) is 4.50. The van der Waals surface area contributed by atoms with Crippen molar-refractivity contribution in [3.63, 3.8) is 0 Å². The Kier molecular flexibility index (Phi) is 9.22. The average Bonchev–Trinajstić information content (AvgIpc) is 2.97. The van der Waals surface area contributed by atoms with Crippen molar-refractivity contribution in [3.05, 3.63) is 77.1 Å². The van der Waals surface area contributed by atoms with Crippen LogP contribution >= 0.6 is 0 Å². The number of halogens is 1. The summed E-state index contributed by atoms with van der Waals surface area (Å²) in [5.41, 5.74) is 5.73. The molecule has 39 heavy (non-hydrogen) atoms. The Morgan fingerprint density at radius 1 is 0.872 bits per heavy atom. The maximum absolute atomic E-state index is 13.3. The van der Waals surface area contributed by atoms with Crippen molar-refractivity contribution in [2.24, 2.45) is 5.10 Å². The molecule has 0 bridgehead atoms. The van der Waals surface area contributed by atoms with Crippen LogP contribution in [0.3, 0.4) is 0 Å². The Labute approximate surface area is 227 Å². The molecular formula is C29H33FN4O5. The van der Waals surface area contributed by atoms with Gasteiger partial charge in [0.2, 0.25) is 5.75 Å². The number of ether oxygens (including phenoxy) is 4. The van der Waals surface area contributed by atoms with Gasteiger partial charge >= 0.3 is 0 Å². The van der Waals surface area contributed by atoms with Gasteiger partial charge in [0.25, 0.3) is 5.91 Å². The monoisotopic (exact) mass is 536 g/mol. The first-order valence-electron chi connectivity index (χ1n) is 12.5. The third-order valence-corrected chi connectivity index (χ3v) is 6.57. The zero-order valence-electron chi connectivity index (χ0n) is 22.6. The second-order valence-electron chi connectivity index (χ2n) is 8.92. The van der Waals surface area contributed by atoms with Gasteiger partial charge in [-0.1, -0.05) is 0 Å². The first-order chi connectivity index (χ1) is 18.9. The van der Waals surface area contributed by atoms with Crippen LogP contribution in [0.2, 0.25) is 0 Å². The largest absolute Gasteiger partial charge is 0.496 e. The predicted octanol–water partition coefficient (Wildman–Crippen LogP) is 3.95. The van der Waals surface area contributed by atoms with Crippen LogP contribution in [0, 0.1) is 5.82 Å². The van der Waals surface area contributed by atoms with Crippen LogP contribution in [0.15, 0.2) is 59.7 Å². The van der Waals surface area contributed by atoms with E-state index in [1.807, 2.05) is 30.3 Å². The summed E-state index contributed by atoms with van der Waals surface area (Å²) < 4.78 is 34.8. The summed E-state index contributed by atoms with van der Waals surface area (Å²) in [6.45, 7) is 4.14. The molecule has 4 rings (SSSR count). The van der Waals surface area contributed by atoms with E-state index in [-0.39, 0.29) is 5.82 Å². The van der Waals surface area contributed by atoms with E-state index in [4.69, 9.17) is 18.9 Å². The van der Waals surface area contributed by atoms with Gasteiger partial charge in [0, 0.05) is 49.5 Å². The van der Waals surface area contributed by atoms with E-state index in [1.165, 1.54) is 33.5 Å². The number of hydrazone groups is 1. The number of rotatable bonds is 10. The number of hydrogen-bond donors (Lipinski definition) is 1. The minimum Gasteiger partial charge on any atom is -0.496 e. The van der Waals surface area contributed by atoms with Gasteiger partial charge in [-0.3, -0.25) is 9.69 Å². The average molecular weight is 537 g/mol. The Morgan fingerprint density at radius 2 is 1.51 bits per heavy atom. The molecule has 3 aromatic carbocycles. The third kappa shape index (κ3) is 6.77. The summed E-state index contributed by atoms with van der Waals surface area (Å²) in [7, 11) is 6.13. The Hall–Kier alpha value is -4.31. The standard InChI is InChI=1S/C29H33FN4O5/c1-36-25-10-5-20(18-31-32-29(35)21-16-26(37-2)28(39-4)27(17-21)38-3)15-22(25)19-33-11-13-34(14-12-33)24-8-6-23(30)7-9-24/h5-10,15-18H,11-14,19H2,1-4H3,(H,32,35)/b31-18-. The number of nitrogens with zero attached hydrogens (tertiary/aromatic N) is 3. The molecule has 9 nitrogen and oxygen atoms in total. The number of anilines is 1. The van der Waals surface area contributed by atoms with Crippen molar-refractivity contribution in [3.8, 4) is 23.0 Å². The van der Waals surface area contributed by atoms with Gasteiger partial charge in [-0.2, -0.15) is 5.10 Å². The molecule has 3 aromatic rings. The quantitative estimate of drug-likeness (QED) is 0.310. The van der Waals surface area contributed by atoms with E-state index in [1.54, 1.807) is 25.5 Å². The first-order valence-corrected chi connectivity index (χ1v) is 12.5. The second-order valence-corrected chi connectivity index (χ2v) is 8.92. The third-order valence-electron chi connectivity index (χ3n) is 6.57. The van der Waals surface area contributed by atoms with Crippen molar-refractivity contribution in [2.45, 2.75) is 6.54 Å². The van der Waals surface area contributed by atoms with Crippen LogP contribution < -0.4 is 29.3 Å². The van der Waals surface area contributed by atoms with Crippen LogP contribution in [0.25, 0.3) is 0 Å². The lowest BCUT2D eigenvalue weighted by atomic mass is 10.1. The lowest BCUT2D eigenvalue weighted by molar-refractivity contribution is 0.0954. The number of nitrogens with one attached hydrogen (secondary N) is 1. The molecule has 0 spiro atoms. The molecule has 0 aromatic heterocycles. The molecule has 1 saturated heterocycles. The highest BCUT2D eigenvalue weighted by atomic mass is 19.1. The van der Waals surface area contributed by atoms with Crippen molar-refractivity contribution in [1.29, 1.82) is 0 Å². The number of carbonyl (C=O) groups is 1. The Bertz CT molecular complexity index is 1280. The normalized spacial score (nSPS) is 13.8. The predicted molar refractivity (Wildman–Crippen MR) is 148 cm³/mol. The molecule has 1 aliphatic rings. The minimum absolute atomic E-state index is 0.228. The van der Waals surface area contributed by atoms with Gasteiger partial charge < -0.3 is 23.8 Å². The molecule has 1 aliphatic heterocycles. The van der Waals surface area contributed by atoms with E-state index in [0.29, 0.717) is 29.4 Å². The minimum atomic E-state index is -0.418. The summed E-state index contributed by atoms with van der Waals surface area (Å²) in [5.74, 6) is 1.30. The number of amides is 1. The summed E-state index contributed by atoms with van der Waals surface area (Å²) in [6, 6.07) is 15.5. The maximum Gasteiger partial charge on any atom is 0.271 e. The van der Waals surface area contributed by atoms with Gasteiger partial charge in [-0.25, -0.2) is 9.82 Å². The fraction of sp³-hybridized carbons (Fsp3) is 0.310. The van der Waals surface area contributed by atoms with Crippen molar-refractivity contribution >= 4 is 17.8 Å². The van der Waals surface area contributed by atoms with E-state index in [9.17, 15) is 9.18 Å². The van der Waals surface area contributed by atoms with E-state index in [0.717, 1.165) is 48.7 Å². The number of methoxy groups -OCH3 is 4. The molecular weight excluding hydrogens is 503 g/mol. The lowest BCUT2D eigenvalue weighted by Crippen LogP contribution is -2.46. The van der Waals surface area contributed by atoms with Crippen LogP contribution in [0.5, 0.6) is 23.0 Å². The molecule has 1 fully saturated rings. The fourth-order valence-electron chi connectivity index (χ4n) is 4.50. The first kappa shape index (κ1) is 27.7. The van der Waals surface area contributed by atoms with Gasteiger partial charge in [0.05, 0.1) is 34.7 Å². The maximum atomic E-state index is 13.3. The lowest BCUT2D eigenvalue weighted by Gasteiger charge is -2.36. The smallest absolute Gasteiger partial charge is 0.271 e. The van der Waals surface area contributed by atoms with Gasteiger partial charge in [0.1, 0.15) is 11.6 Å². The molecule has 0 aliphatic carbocycles. The molecule has 1 heterocycles. The van der Waals surface area contributed by atoms with Crippen molar-refractivity contribution < 1.29 is 28.1 Å². The van der Waals surface area contributed by atoms with Gasteiger partial charge in [0.15, 0.2) is 11.5 Å². The molecule has 10 heteroatoms. The summed E-state index contributed by atoms with van der Waals surface area (Å²) in [6.07, 6.45) is 1.59. The number of benzene rings is 3. The summed E-state index contributed by atoms with van der Waals surface area (Å²) in [4.78, 5) is 17.3. The van der Waals surface area contributed by atoms with E-state index < -0.39 is 5.91 Å². The molecule has 0 saturated carbocycles. The molecule has 1 amide bonds. The van der Waals surface area contributed by atoms with Crippen molar-refractivity contribution in [2.75, 3.05) is 59.5 Å². The SMILES string of the molecule is COc1ccc(/C=N\NC(=O)c2cc(OC)c(OC)c(OC)c2)cc1CN1CCN(c2ccc(F)cc2)CC1. The van der Waals surface area contributed by atoms with Crippen LogP contribution in [-0.2, 0) is 6.54 Å². The highest BCUT2D eigenvalue weighted by Crippen LogP contribution is 2.38. The van der Waals surface area contributed by atoms with Gasteiger partial charge in [-0.05, 0) is 60.2 Å². The molecule has 0 unspecified atom stereocenters. The topological polar surface area (TPSA) is 84.9 Å². The van der Waals surface area contributed by atoms with Crippen molar-refractivity contribution in [1.82, 2.24) is 10.3 Å². The summed E-state index contributed by atoms with van der Waals surface area (Å²) in [5, 5.41) is 4.14. The zero-order valence-corrected chi connectivity index (χ0v) is 22.6. The number of piperazine rings is 1.